The van der Waals surface area contributed by atoms with Crippen LogP contribution in [-0.4, -0.2) is 54.3 Å². The Morgan fingerprint density at radius 3 is 1.42 bits per heavy atom. The van der Waals surface area contributed by atoms with Crippen LogP contribution < -0.4 is 5.32 Å². The van der Waals surface area contributed by atoms with E-state index in [4.69, 9.17) is 13.8 Å². The molecule has 0 bridgehead atoms. The molecule has 0 radical (unpaired) electrons. The van der Waals surface area contributed by atoms with E-state index < -0.39 is 26.5 Å². The van der Waals surface area contributed by atoms with Gasteiger partial charge in [0.2, 0.25) is 5.91 Å². The first-order chi connectivity index (χ1) is 28.8. The summed E-state index contributed by atoms with van der Waals surface area (Å²) in [6, 6.07) is 0. The number of unbranched alkanes of at least 4 members (excludes halogenated alkanes) is 21. The zero-order valence-corrected chi connectivity index (χ0v) is 38.6. The number of phosphoric acid groups is 1. The number of rotatable bonds is 44. The monoisotopic (exact) mass is 850 g/mol. The lowest BCUT2D eigenvalue weighted by Crippen LogP contribution is -2.27. The van der Waals surface area contributed by atoms with Crippen LogP contribution in [-0.2, 0) is 27.9 Å². The molecule has 10 heteroatoms. The van der Waals surface area contributed by atoms with Gasteiger partial charge in [0.1, 0.15) is 12.7 Å². The number of hydrogen-bond acceptors (Lipinski definition) is 7. The van der Waals surface area contributed by atoms with E-state index in [2.05, 4.69) is 79.9 Å². The molecule has 0 aromatic heterocycles. The lowest BCUT2D eigenvalue weighted by Gasteiger charge is -2.15. The van der Waals surface area contributed by atoms with Crippen molar-refractivity contribution < 1.29 is 37.9 Å². The summed E-state index contributed by atoms with van der Waals surface area (Å²) in [4.78, 5) is 34.0. The van der Waals surface area contributed by atoms with Gasteiger partial charge in [-0.3, -0.25) is 18.6 Å². The van der Waals surface area contributed by atoms with Gasteiger partial charge in [-0.25, -0.2) is 4.57 Å². The number of nitrogens with one attached hydrogen (secondary N) is 1. The number of phosphoric ester groups is 1. The first kappa shape index (κ1) is 56.7. The van der Waals surface area contributed by atoms with Crippen LogP contribution in [0.1, 0.15) is 206 Å². The predicted molar refractivity (Wildman–Crippen MR) is 247 cm³/mol. The largest absolute Gasteiger partial charge is 0.472 e. The third-order valence-electron chi connectivity index (χ3n) is 9.92. The molecular weight excluding hydrogens is 762 g/mol. The molecule has 0 aliphatic carbocycles. The second kappa shape index (κ2) is 45.2. The first-order valence-corrected chi connectivity index (χ1v) is 25.3. The quantitative estimate of drug-likeness (QED) is 0.0239. The summed E-state index contributed by atoms with van der Waals surface area (Å²) in [6.45, 7) is 3.50. The molecule has 0 aliphatic heterocycles. The van der Waals surface area contributed by atoms with Crippen molar-refractivity contribution in [1.29, 1.82) is 0 Å². The fourth-order valence-electron chi connectivity index (χ4n) is 6.30. The van der Waals surface area contributed by atoms with Crippen LogP contribution in [0.5, 0.6) is 0 Å². The van der Waals surface area contributed by atoms with E-state index >= 15 is 0 Å². The number of ether oxygens (including phenoxy) is 1. The number of amides is 1. The summed E-state index contributed by atoms with van der Waals surface area (Å²) in [5.74, 6) is -0.536. The minimum atomic E-state index is -4.43. The average Bonchev–Trinajstić information content (AvgIpc) is 3.22. The van der Waals surface area contributed by atoms with E-state index in [0.29, 0.717) is 6.42 Å². The minimum Gasteiger partial charge on any atom is -0.463 e. The molecule has 2 unspecified atom stereocenters. The van der Waals surface area contributed by atoms with Crippen LogP contribution in [0.25, 0.3) is 0 Å². The van der Waals surface area contributed by atoms with Crippen molar-refractivity contribution in [1.82, 2.24) is 5.32 Å². The molecule has 1 amide bonds. The molecule has 0 saturated heterocycles. The van der Waals surface area contributed by atoms with Crippen LogP contribution in [0.3, 0.4) is 0 Å². The van der Waals surface area contributed by atoms with E-state index in [1.165, 1.54) is 96.3 Å². The second-order valence-corrected chi connectivity index (χ2v) is 17.2. The van der Waals surface area contributed by atoms with Gasteiger partial charge in [-0.05, 0) is 83.5 Å². The van der Waals surface area contributed by atoms with Crippen molar-refractivity contribution in [2.45, 2.75) is 213 Å². The maximum Gasteiger partial charge on any atom is 0.472 e. The second-order valence-electron chi connectivity index (χ2n) is 15.7. The molecule has 59 heavy (non-hydrogen) atoms. The van der Waals surface area contributed by atoms with E-state index in [9.17, 15) is 24.2 Å². The molecule has 3 N–H and O–H groups in total. The van der Waals surface area contributed by atoms with E-state index in [-0.39, 0.29) is 32.1 Å². The van der Waals surface area contributed by atoms with Crippen molar-refractivity contribution in [3.63, 3.8) is 0 Å². The van der Waals surface area contributed by atoms with Crippen molar-refractivity contribution in [2.24, 2.45) is 0 Å². The van der Waals surface area contributed by atoms with Gasteiger partial charge in [-0.2, -0.15) is 0 Å². The van der Waals surface area contributed by atoms with Crippen molar-refractivity contribution in [2.75, 3.05) is 26.4 Å². The third kappa shape index (κ3) is 46.6. The van der Waals surface area contributed by atoms with Crippen molar-refractivity contribution >= 4 is 19.7 Å². The number of hydrogen-bond donors (Lipinski definition) is 3. The number of carbonyl (C=O) groups excluding carboxylic acids is 2. The Bertz CT molecular complexity index is 1150. The maximum absolute atomic E-state index is 12.1. The molecule has 0 fully saturated rings. The average molecular weight is 850 g/mol. The first-order valence-electron chi connectivity index (χ1n) is 23.8. The molecule has 0 aromatic rings. The number of esters is 1. The normalized spacial score (nSPS) is 13.8. The lowest BCUT2D eigenvalue weighted by molar-refractivity contribution is -0.147. The van der Waals surface area contributed by atoms with Gasteiger partial charge < -0.3 is 20.1 Å². The molecule has 0 saturated carbocycles. The van der Waals surface area contributed by atoms with Gasteiger partial charge in [0.15, 0.2) is 0 Å². The molecule has 0 rings (SSSR count). The molecule has 0 aliphatic rings. The lowest BCUT2D eigenvalue weighted by atomic mass is 10.1. The Balaban J connectivity index is 3.62. The molecular formula is C49H88NO8P. The van der Waals surface area contributed by atoms with Crippen LogP contribution in [0, 0.1) is 0 Å². The van der Waals surface area contributed by atoms with Crippen molar-refractivity contribution in [3.05, 3.63) is 60.8 Å². The standard InChI is InChI=1S/C49H88NO8P/c1-3-5-7-9-11-13-15-17-19-20-21-22-23-24-25-26-28-30-32-34-36-38-40-42-49(53)56-45-47(51)46-58-59(54,55)57-44-43-50-48(52)41-39-37-35-33-31-29-27-18-16-14-12-10-8-6-4-2/h11,13,17-19,21-22,24-25,27,47,51H,3-10,12,14-16,20,23,26,28-46H2,1-2H3,(H,50,52)(H,54,55)/b13-11-,19-17-,22-21-,25-24-,27-18-. The summed E-state index contributed by atoms with van der Waals surface area (Å²) in [6.07, 6.45) is 54.3. The van der Waals surface area contributed by atoms with Gasteiger partial charge in [0.25, 0.3) is 0 Å². The SMILES string of the molecule is CCCCC/C=C\C/C=C\C/C=C\C/C=C\CCCCCCCCCC(=O)OCC(O)COP(=O)(O)OCCNC(=O)CCCCCCC/C=C\CCCCCCCC. The number of aliphatic hydroxyl groups excluding tert-OH is 1. The number of carbonyl (C=O) groups is 2. The summed E-state index contributed by atoms with van der Waals surface area (Å²) < 4.78 is 26.9. The van der Waals surface area contributed by atoms with Gasteiger partial charge >= 0.3 is 13.8 Å². The van der Waals surface area contributed by atoms with Crippen LogP contribution >= 0.6 is 7.82 Å². The van der Waals surface area contributed by atoms with E-state index in [1.807, 2.05) is 0 Å². The topological polar surface area (TPSA) is 131 Å². The highest BCUT2D eigenvalue weighted by atomic mass is 31.2. The smallest absolute Gasteiger partial charge is 0.463 e. The summed E-state index contributed by atoms with van der Waals surface area (Å²) in [5.41, 5.74) is 0. The van der Waals surface area contributed by atoms with Crippen molar-refractivity contribution in [3.8, 4) is 0 Å². The predicted octanol–water partition coefficient (Wildman–Crippen LogP) is 13.7. The van der Waals surface area contributed by atoms with E-state index in [1.54, 1.807) is 0 Å². The Labute approximate surface area is 361 Å². The van der Waals surface area contributed by atoms with Crippen LogP contribution in [0.2, 0.25) is 0 Å². The third-order valence-corrected chi connectivity index (χ3v) is 10.9. The molecule has 9 nitrogen and oxygen atoms in total. The number of allylic oxidation sites excluding steroid dienone is 10. The Hall–Kier alpha value is -2.29. The fraction of sp³-hybridized carbons (Fsp3) is 0.755. The Morgan fingerprint density at radius 1 is 0.525 bits per heavy atom. The molecule has 0 aromatic carbocycles. The minimum absolute atomic E-state index is 0.0742. The molecule has 2 atom stereocenters. The summed E-state index contributed by atoms with van der Waals surface area (Å²) >= 11 is 0. The Kier molecular flexibility index (Phi) is 43.5. The van der Waals surface area contributed by atoms with Crippen LogP contribution in [0.4, 0.5) is 0 Å². The number of aliphatic hydroxyl groups is 1. The van der Waals surface area contributed by atoms with Gasteiger partial charge in [0, 0.05) is 19.4 Å². The highest BCUT2D eigenvalue weighted by Crippen LogP contribution is 2.42. The fourth-order valence-corrected chi connectivity index (χ4v) is 7.06. The van der Waals surface area contributed by atoms with Gasteiger partial charge in [0.05, 0.1) is 13.2 Å². The summed E-state index contributed by atoms with van der Waals surface area (Å²) in [7, 11) is -4.43. The molecule has 0 heterocycles. The van der Waals surface area contributed by atoms with Gasteiger partial charge in [-0.1, -0.05) is 171 Å². The Morgan fingerprint density at radius 2 is 0.915 bits per heavy atom. The molecule has 342 valence electrons. The van der Waals surface area contributed by atoms with E-state index in [0.717, 1.165) is 83.5 Å². The maximum atomic E-state index is 12.1. The highest BCUT2D eigenvalue weighted by molar-refractivity contribution is 7.47. The van der Waals surface area contributed by atoms with Gasteiger partial charge in [-0.15, -0.1) is 0 Å². The molecule has 0 spiro atoms. The zero-order chi connectivity index (χ0) is 43.2. The summed E-state index contributed by atoms with van der Waals surface area (Å²) in [5, 5.41) is 12.7. The highest BCUT2D eigenvalue weighted by Gasteiger charge is 2.23. The van der Waals surface area contributed by atoms with Crippen LogP contribution in [0.15, 0.2) is 60.8 Å². The zero-order valence-electron chi connectivity index (χ0n) is 37.7.